The first-order chi connectivity index (χ1) is 13.6. The maximum Gasteiger partial charge on any atom is 0.250 e. The smallest absolute Gasteiger partial charge is 0.250 e. The van der Waals surface area contributed by atoms with Gasteiger partial charge >= 0.3 is 0 Å². The van der Waals surface area contributed by atoms with Crippen molar-refractivity contribution in [2.45, 2.75) is 14.4 Å². The van der Waals surface area contributed by atoms with Crippen LogP contribution in [0.2, 0.25) is 10.0 Å². The fraction of sp³-hybridized carbons (Fsp3) is 0.111. The molecular formula is C18H14Cl2N4OS3. The number of rotatable bonds is 8. The Morgan fingerprint density at radius 1 is 1.04 bits per heavy atom. The number of thioether (sulfide) groups is 2. The first kappa shape index (κ1) is 21.1. The third kappa shape index (κ3) is 6.49. The largest absolute Gasteiger partial charge is 0.272 e. The number of carbonyl (C=O) groups excluding carboxylic acids is 1. The minimum absolute atomic E-state index is 0.198. The van der Waals surface area contributed by atoms with Crippen molar-refractivity contribution in [3.8, 4) is 0 Å². The number of hydrazone groups is 1. The molecule has 3 aromatic rings. The van der Waals surface area contributed by atoms with E-state index in [4.69, 9.17) is 23.2 Å². The zero-order chi connectivity index (χ0) is 19.8. The molecule has 144 valence electrons. The molecule has 2 aromatic carbocycles. The van der Waals surface area contributed by atoms with Crippen LogP contribution in [-0.4, -0.2) is 28.1 Å². The lowest BCUT2D eigenvalue weighted by Gasteiger charge is -2.00. The van der Waals surface area contributed by atoms with Gasteiger partial charge in [0.15, 0.2) is 8.68 Å². The highest BCUT2D eigenvalue weighted by Crippen LogP contribution is 2.32. The molecule has 0 spiro atoms. The van der Waals surface area contributed by atoms with Gasteiger partial charge < -0.3 is 0 Å². The second-order valence-electron chi connectivity index (χ2n) is 5.32. The lowest BCUT2D eigenvalue weighted by Crippen LogP contribution is -2.19. The van der Waals surface area contributed by atoms with Gasteiger partial charge in [0.05, 0.1) is 12.0 Å². The Morgan fingerprint density at radius 2 is 1.71 bits per heavy atom. The van der Waals surface area contributed by atoms with Crippen LogP contribution in [0.15, 0.2) is 62.3 Å². The highest BCUT2D eigenvalue weighted by atomic mass is 35.5. The molecule has 1 aromatic heterocycles. The van der Waals surface area contributed by atoms with Gasteiger partial charge in [-0.15, -0.1) is 10.2 Å². The number of nitrogens with zero attached hydrogens (tertiary/aromatic N) is 3. The zero-order valence-corrected chi connectivity index (χ0v) is 18.3. The highest BCUT2D eigenvalue weighted by molar-refractivity contribution is 8.03. The van der Waals surface area contributed by atoms with Crippen LogP contribution in [0.5, 0.6) is 0 Å². The summed E-state index contributed by atoms with van der Waals surface area (Å²) in [6.45, 7) is 0. The number of aromatic nitrogens is 2. The second-order valence-corrected chi connectivity index (χ2v) is 9.55. The molecule has 0 aliphatic heterocycles. The van der Waals surface area contributed by atoms with E-state index in [2.05, 4.69) is 20.7 Å². The molecule has 1 amide bonds. The minimum Gasteiger partial charge on any atom is -0.272 e. The van der Waals surface area contributed by atoms with E-state index in [0.717, 1.165) is 30.6 Å². The van der Waals surface area contributed by atoms with Crippen molar-refractivity contribution in [2.24, 2.45) is 5.10 Å². The van der Waals surface area contributed by atoms with E-state index in [1.165, 1.54) is 29.3 Å². The van der Waals surface area contributed by atoms with Crippen LogP contribution in [0.25, 0.3) is 0 Å². The van der Waals surface area contributed by atoms with Crippen molar-refractivity contribution >= 4 is 70.2 Å². The topological polar surface area (TPSA) is 67.2 Å². The Labute approximate surface area is 184 Å². The Hall–Kier alpha value is -1.58. The number of hydrogen-bond acceptors (Lipinski definition) is 7. The molecule has 10 heteroatoms. The maximum atomic E-state index is 11.9. The van der Waals surface area contributed by atoms with Crippen LogP contribution < -0.4 is 5.43 Å². The fourth-order valence-corrected chi connectivity index (χ4v) is 5.26. The van der Waals surface area contributed by atoms with Gasteiger partial charge in [0.25, 0.3) is 5.91 Å². The summed E-state index contributed by atoms with van der Waals surface area (Å²) >= 11 is 16.5. The summed E-state index contributed by atoms with van der Waals surface area (Å²) < 4.78 is 1.56. The van der Waals surface area contributed by atoms with Crippen LogP contribution in [0.3, 0.4) is 0 Å². The maximum absolute atomic E-state index is 11.9. The highest BCUT2D eigenvalue weighted by Gasteiger charge is 2.09. The van der Waals surface area contributed by atoms with Crippen molar-refractivity contribution < 1.29 is 4.79 Å². The van der Waals surface area contributed by atoms with Gasteiger partial charge in [-0.1, -0.05) is 94.5 Å². The number of amides is 1. The van der Waals surface area contributed by atoms with E-state index in [9.17, 15) is 4.79 Å². The summed E-state index contributed by atoms with van der Waals surface area (Å²) in [5, 5.41) is 13.5. The molecule has 0 radical (unpaired) electrons. The first-order valence-corrected chi connectivity index (χ1v) is 11.5. The van der Waals surface area contributed by atoms with Crippen molar-refractivity contribution in [3.63, 3.8) is 0 Å². The van der Waals surface area contributed by atoms with E-state index >= 15 is 0 Å². The average molecular weight is 469 g/mol. The summed E-state index contributed by atoms with van der Waals surface area (Å²) in [4.78, 5) is 11.9. The molecule has 0 atom stereocenters. The Morgan fingerprint density at radius 3 is 2.46 bits per heavy atom. The summed E-state index contributed by atoms with van der Waals surface area (Å²) in [5.41, 5.74) is 4.26. The molecule has 5 nitrogen and oxygen atoms in total. The third-order valence-corrected chi connectivity index (χ3v) is 7.27. The molecule has 0 fully saturated rings. The Kier molecular flexibility index (Phi) is 8.17. The molecule has 0 aliphatic rings. The van der Waals surface area contributed by atoms with Crippen molar-refractivity contribution in [1.29, 1.82) is 0 Å². The van der Waals surface area contributed by atoms with Crippen LogP contribution in [0, 0.1) is 0 Å². The quantitative estimate of drug-likeness (QED) is 0.273. The Bertz CT molecular complexity index is 981. The minimum atomic E-state index is -0.228. The van der Waals surface area contributed by atoms with Gasteiger partial charge in [0.1, 0.15) is 0 Å². The second kappa shape index (κ2) is 10.8. The SMILES string of the molecule is O=C(CSc1nnc(SCc2ccccc2Cl)s1)N/N=C/c1ccccc1Cl. The molecule has 28 heavy (non-hydrogen) atoms. The van der Waals surface area contributed by atoms with Gasteiger partial charge in [-0.25, -0.2) is 5.43 Å². The molecule has 0 unspecified atom stereocenters. The van der Waals surface area contributed by atoms with E-state index in [1.807, 2.05) is 42.5 Å². The molecular weight excluding hydrogens is 455 g/mol. The van der Waals surface area contributed by atoms with Gasteiger partial charge in [-0.05, 0) is 17.7 Å². The van der Waals surface area contributed by atoms with Crippen LogP contribution in [-0.2, 0) is 10.5 Å². The van der Waals surface area contributed by atoms with Gasteiger partial charge in [-0.3, -0.25) is 4.79 Å². The number of nitrogens with one attached hydrogen (secondary N) is 1. The molecule has 1 heterocycles. The van der Waals surface area contributed by atoms with Crippen molar-refractivity contribution in [3.05, 3.63) is 69.7 Å². The predicted octanol–water partition coefficient (Wildman–Crippen LogP) is 5.38. The standard InChI is InChI=1S/C18H14Cl2N4OS3/c19-14-7-3-1-5-12(14)9-21-22-16(25)11-27-18-24-23-17(28-18)26-10-13-6-2-4-8-15(13)20/h1-9H,10-11H2,(H,22,25)/b21-9+. The molecule has 0 bridgehead atoms. The number of carbonyl (C=O) groups is 1. The van der Waals surface area contributed by atoms with Crippen LogP contribution >= 0.6 is 58.1 Å². The lowest BCUT2D eigenvalue weighted by atomic mass is 10.2. The lowest BCUT2D eigenvalue weighted by molar-refractivity contribution is -0.118. The zero-order valence-electron chi connectivity index (χ0n) is 14.3. The number of benzene rings is 2. The first-order valence-electron chi connectivity index (χ1n) is 8.01. The molecule has 0 saturated carbocycles. The van der Waals surface area contributed by atoms with Gasteiger partial charge in [0.2, 0.25) is 0 Å². The summed E-state index contributed by atoms with van der Waals surface area (Å²) in [6.07, 6.45) is 1.51. The molecule has 0 saturated heterocycles. The van der Waals surface area contributed by atoms with Crippen molar-refractivity contribution in [2.75, 3.05) is 5.75 Å². The molecule has 3 rings (SSSR count). The van der Waals surface area contributed by atoms with Crippen LogP contribution in [0.4, 0.5) is 0 Å². The fourth-order valence-electron chi connectivity index (χ4n) is 1.98. The summed E-state index contributed by atoms with van der Waals surface area (Å²) in [6, 6.07) is 15.0. The van der Waals surface area contributed by atoms with E-state index in [-0.39, 0.29) is 11.7 Å². The monoisotopic (exact) mass is 468 g/mol. The number of hydrogen-bond donors (Lipinski definition) is 1. The summed E-state index contributed by atoms with van der Waals surface area (Å²) in [5.74, 6) is 0.689. The normalized spacial score (nSPS) is 11.1. The molecule has 1 N–H and O–H groups in total. The Balaban J connectivity index is 1.43. The number of halogens is 2. The van der Waals surface area contributed by atoms with E-state index in [0.29, 0.717) is 5.02 Å². The van der Waals surface area contributed by atoms with Gasteiger partial charge in [0, 0.05) is 21.4 Å². The van der Waals surface area contributed by atoms with E-state index in [1.54, 1.807) is 17.8 Å². The summed E-state index contributed by atoms with van der Waals surface area (Å²) in [7, 11) is 0. The van der Waals surface area contributed by atoms with Gasteiger partial charge in [-0.2, -0.15) is 5.10 Å². The average Bonchev–Trinajstić information content (AvgIpc) is 3.15. The molecule has 0 aliphatic carbocycles. The predicted molar refractivity (Wildman–Crippen MR) is 119 cm³/mol. The van der Waals surface area contributed by atoms with E-state index < -0.39 is 0 Å². The third-order valence-electron chi connectivity index (χ3n) is 3.32. The van der Waals surface area contributed by atoms with Crippen molar-refractivity contribution in [1.82, 2.24) is 15.6 Å². The van der Waals surface area contributed by atoms with Crippen LogP contribution in [0.1, 0.15) is 11.1 Å².